The highest BCUT2D eigenvalue weighted by Gasteiger charge is 2.50. The Morgan fingerprint density at radius 1 is 1.40 bits per heavy atom. The van der Waals surface area contributed by atoms with Crippen molar-refractivity contribution in [2.45, 2.75) is 56.7 Å². The first kappa shape index (κ1) is 15.7. The molecule has 2 aliphatic rings. The van der Waals surface area contributed by atoms with E-state index >= 15 is 0 Å². The molecule has 2 heterocycles. The Morgan fingerprint density at radius 3 is 2.75 bits per heavy atom. The van der Waals surface area contributed by atoms with Crippen molar-refractivity contribution in [3.8, 4) is 0 Å². The lowest BCUT2D eigenvalue weighted by Crippen LogP contribution is -2.38. The minimum atomic E-state index is -0.605. The van der Waals surface area contributed by atoms with Crippen LogP contribution < -0.4 is 5.32 Å². The third-order valence-electron chi connectivity index (χ3n) is 3.81. The van der Waals surface area contributed by atoms with Crippen LogP contribution in [0, 0.1) is 0 Å². The molecule has 5 atom stereocenters. The molecule has 0 saturated carbocycles. The minimum absolute atomic E-state index is 0.0103. The molecule has 2 fully saturated rings. The van der Waals surface area contributed by atoms with E-state index in [0.717, 1.165) is 6.42 Å². The molecule has 0 aromatic carbocycles. The second-order valence-corrected chi connectivity index (χ2v) is 5.98. The monoisotopic (exact) mass is 286 g/mol. The second kappa shape index (κ2) is 6.85. The first-order valence-electron chi connectivity index (χ1n) is 7.41. The van der Waals surface area contributed by atoms with Crippen LogP contribution in [0.4, 0.5) is 0 Å². The van der Waals surface area contributed by atoms with E-state index in [0.29, 0.717) is 25.9 Å². The fraction of sp³-hybridized carbons (Fsp3) is 0.929. The molecule has 0 radical (unpaired) electrons. The number of nitrogens with one attached hydrogen (secondary N) is 1. The molecular weight excluding hydrogens is 260 g/mol. The summed E-state index contributed by atoms with van der Waals surface area (Å²) in [6.07, 6.45) is 0.643. The van der Waals surface area contributed by atoms with Crippen molar-refractivity contribution in [2.75, 3.05) is 27.2 Å². The van der Waals surface area contributed by atoms with Gasteiger partial charge >= 0.3 is 0 Å². The van der Waals surface area contributed by atoms with Gasteiger partial charge in [0.05, 0.1) is 24.7 Å². The van der Waals surface area contributed by atoms with Crippen molar-refractivity contribution in [1.82, 2.24) is 10.2 Å². The molecule has 0 unspecified atom stereocenters. The van der Waals surface area contributed by atoms with E-state index < -0.39 is 6.10 Å². The number of carbonyl (C=O) groups excluding carboxylic acids is 1. The SMILES string of the molecule is CCCNC(=O)C[C@@H]1C[C@H]2O[C@H](CN(C)C)[C@@H](O)[C@H]2O1. The zero-order chi connectivity index (χ0) is 14.7. The quantitative estimate of drug-likeness (QED) is 0.704. The van der Waals surface area contributed by atoms with Crippen molar-refractivity contribution in [2.24, 2.45) is 0 Å². The van der Waals surface area contributed by atoms with Gasteiger partial charge in [-0.3, -0.25) is 4.79 Å². The van der Waals surface area contributed by atoms with E-state index in [-0.39, 0.29) is 30.3 Å². The Morgan fingerprint density at radius 2 is 2.15 bits per heavy atom. The summed E-state index contributed by atoms with van der Waals surface area (Å²) in [4.78, 5) is 13.7. The molecule has 6 heteroatoms. The predicted octanol–water partition coefficient (Wildman–Crippen LogP) is -0.250. The third-order valence-corrected chi connectivity index (χ3v) is 3.81. The summed E-state index contributed by atoms with van der Waals surface area (Å²) in [6, 6.07) is 0. The molecule has 0 aromatic rings. The van der Waals surface area contributed by atoms with Crippen LogP contribution in [0.15, 0.2) is 0 Å². The first-order chi connectivity index (χ1) is 9.51. The average molecular weight is 286 g/mol. The van der Waals surface area contributed by atoms with Crippen molar-refractivity contribution >= 4 is 5.91 Å². The fourth-order valence-corrected chi connectivity index (χ4v) is 2.89. The number of aliphatic hydroxyl groups is 1. The van der Waals surface area contributed by atoms with Crippen LogP contribution in [-0.4, -0.2) is 73.6 Å². The molecule has 2 rings (SSSR count). The van der Waals surface area contributed by atoms with Crippen LogP contribution in [0.1, 0.15) is 26.2 Å². The molecule has 116 valence electrons. The maximum Gasteiger partial charge on any atom is 0.222 e. The lowest BCUT2D eigenvalue weighted by atomic mass is 10.1. The highest BCUT2D eigenvalue weighted by atomic mass is 16.6. The van der Waals surface area contributed by atoms with E-state index in [2.05, 4.69) is 5.32 Å². The number of likely N-dealkylation sites (N-methyl/N-ethyl adjacent to an activating group) is 1. The van der Waals surface area contributed by atoms with Gasteiger partial charge in [0.2, 0.25) is 5.91 Å². The van der Waals surface area contributed by atoms with Crippen molar-refractivity contribution < 1.29 is 19.4 Å². The normalized spacial score (nSPS) is 36.4. The summed E-state index contributed by atoms with van der Waals surface area (Å²) < 4.78 is 11.7. The number of rotatable bonds is 6. The number of carbonyl (C=O) groups is 1. The molecule has 0 aliphatic carbocycles. The van der Waals surface area contributed by atoms with Crippen LogP contribution >= 0.6 is 0 Å². The summed E-state index contributed by atoms with van der Waals surface area (Å²) >= 11 is 0. The Hall–Kier alpha value is -0.690. The molecule has 1 amide bonds. The Labute approximate surface area is 120 Å². The maximum absolute atomic E-state index is 11.7. The van der Waals surface area contributed by atoms with E-state index in [1.54, 1.807) is 0 Å². The topological polar surface area (TPSA) is 71.0 Å². The van der Waals surface area contributed by atoms with Gasteiger partial charge in [-0.15, -0.1) is 0 Å². The minimum Gasteiger partial charge on any atom is -0.388 e. The summed E-state index contributed by atoms with van der Waals surface area (Å²) in [5.41, 5.74) is 0. The molecule has 0 aromatic heterocycles. The highest BCUT2D eigenvalue weighted by Crippen LogP contribution is 2.35. The number of fused-ring (bicyclic) bond motifs is 1. The molecule has 6 nitrogen and oxygen atoms in total. The number of ether oxygens (including phenoxy) is 2. The van der Waals surface area contributed by atoms with E-state index in [1.165, 1.54) is 0 Å². The van der Waals surface area contributed by atoms with Crippen LogP contribution in [0.25, 0.3) is 0 Å². The highest BCUT2D eigenvalue weighted by molar-refractivity contribution is 5.76. The predicted molar refractivity (Wildman–Crippen MR) is 74.4 cm³/mol. The largest absolute Gasteiger partial charge is 0.388 e. The van der Waals surface area contributed by atoms with Crippen molar-refractivity contribution in [1.29, 1.82) is 0 Å². The average Bonchev–Trinajstić information content (AvgIpc) is 2.87. The third kappa shape index (κ3) is 3.69. The van der Waals surface area contributed by atoms with Gasteiger partial charge < -0.3 is 24.8 Å². The Bertz CT molecular complexity index is 337. The van der Waals surface area contributed by atoms with Crippen LogP contribution in [0.2, 0.25) is 0 Å². The Balaban J connectivity index is 1.79. The Kier molecular flexibility index (Phi) is 5.37. The standard InChI is InChI=1S/C14H26N2O4/c1-4-5-15-12(17)7-9-6-10-14(19-9)13(18)11(20-10)8-16(2)3/h9-11,13-14,18H,4-8H2,1-3H3,(H,15,17)/t9-,10+,11+,13+,14-/m0/s1. The van der Waals surface area contributed by atoms with E-state index in [4.69, 9.17) is 9.47 Å². The second-order valence-electron chi connectivity index (χ2n) is 5.98. The maximum atomic E-state index is 11.7. The van der Waals surface area contributed by atoms with Crippen LogP contribution in [0.3, 0.4) is 0 Å². The van der Waals surface area contributed by atoms with Gasteiger partial charge in [0.15, 0.2) is 0 Å². The summed E-state index contributed by atoms with van der Waals surface area (Å²) in [5, 5.41) is 13.1. The lowest BCUT2D eigenvalue weighted by molar-refractivity contribution is -0.124. The van der Waals surface area contributed by atoms with Crippen LogP contribution in [0.5, 0.6) is 0 Å². The van der Waals surface area contributed by atoms with Crippen molar-refractivity contribution in [3.63, 3.8) is 0 Å². The smallest absolute Gasteiger partial charge is 0.222 e. The summed E-state index contributed by atoms with van der Waals surface area (Å²) in [5.74, 6) is 0.0103. The fourth-order valence-electron chi connectivity index (χ4n) is 2.89. The van der Waals surface area contributed by atoms with Gasteiger partial charge in [-0.25, -0.2) is 0 Å². The number of hydrogen-bond acceptors (Lipinski definition) is 5. The number of hydrogen-bond donors (Lipinski definition) is 2. The molecule has 0 bridgehead atoms. The summed E-state index contributed by atoms with van der Waals surface area (Å²) in [7, 11) is 3.90. The summed E-state index contributed by atoms with van der Waals surface area (Å²) in [6.45, 7) is 3.40. The molecule has 2 aliphatic heterocycles. The zero-order valence-corrected chi connectivity index (χ0v) is 12.5. The number of nitrogens with zero attached hydrogens (tertiary/aromatic N) is 1. The molecule has 2 saturated heterocycles. The van der Waals surface area contributed by atoms with Gasteiger partial charge in [-0.2, -0.15) is 0 Å². The lowest BCUT2D eigenvalue weighted by Gasteiger charge is -2.22. The van der Waals surface area contributed by atoms with E-state index in [9.17, 15) is 9.90 Å². The first-order valence-corrected chi connectivity index (χ1v) is 7.41. The number of amides is 1. The van der Waals surface area contributed by atoms with Gasteiger partial charge in [0.1, 0.15) is 12.2 Å². The number of aliphatic hydroxyl groups excluding tert-OH is 1. The van der Waals surface area contributed by atoms with Gasteiger partial charge in [-0.1, -0.05) is 6.92 Å². The molecule has 2 N–H and O–H groups in total. The molecule has 20 heavy (non-hydrogen) atoms. The van der Waals surface area contributed by atoms with Gasteiger partial charge in [0, 0.05) is 19.5 Å². The van der Waals surface area contributed by atoms with Gasteiger partial charge in [0.25, 0.3) is 0 Å². The van der Waals surface area contributed by atoms with Crippen LogP contribution in [-0.2, 0) is 14.3 Å². The zero-order valence-electron chi connectivity index (χ0n) is 12.5. The van der Waals surface area contributed by atoms with Crippen molar-refractivity contribution in [3.05, 3.63) is 0 Å². The molecule has 0 spiro atoms. The molecular formula is C14H26N2O4. The van der Waals surface area contributed by atoms with E-state index in [1.807, 2.05) is 25.9 Å². The van der Waals surface area contributed by atoms with Gasteiger partial charge in [-0.05, 0) is 20.5 Å².